The van der Waals surface area contributed by atoms with E-state index in [-0.39, 0.29) is 16.9 Å². The molecule has 7 nitrogen and oxygen atoms in total. The van der Waals surface area contributed by atoms with Gasteiger partial charge in [0.1, 0.15) is 0 Å². The molecule has 0 bridgehead atoms. The summed E-state index contributed by atoms with van der Waals surface area (Å²) in [7, 11) is 0. The number of carboxylic acid groups (broad SMARTS) is 1. The molecule has 0 spiro atoms. The van der Waals surface area contributed by atoms with E-state index in [2.05, 4.69) is 10.6 Å². The molecule has 1 saturated carbocycles. The third kappa shape index (κ3) is 3.92. The molecule has 2 rings (SSSR count). The van der Waals surface area contributed by atoms with E-state index in [1.54, 1.807) is 0 Å². The van der Waals surface area contributed by atoms with Gasteiger partial charge in [-0.05, 0) is 31.9 Å². The Labute approximate surface area is 116 Å². The summed E-state index contributed by atoms with van der Waals surface area (Å²) >= 11 is 0. The molecule has 20 heavy (non-hydrogen) atoms. The van der Waals surface area contributed by atoms with Crippen LogP contribution in [0, 0.1) is 10.1 Å². The number of hydrogen-bond donors (Lipinski definition) is 3. The highest BCUT2D eigenvalue weighted by Crippen LogP contribution is 2.22. The maximum Gasteiger partial charge on any atom is 0.337 e. The van der Waals surface area contributed by atoms with Crippen LogP contribution < -0.4 is 10.6 Å². The van der Waals surface area contributed by atoms with Gasteiger partial charge in [-0.3, -0.25) is 10.1 Å². The Morgan fingerprint density at radius 3 is 2.75 bits per heavy atom. The van der Waals surface area contributed by atoms with E-state index < -0.39 is 10.9 Å². The molecule has 7 heteroatoms. The van der Waals surface area contributed by atoms with Gasteiger partial charge < -0.3 is 15.7 Å². The average molecular weight is 279 g/mol. The predicted octanol–water partition coefficient (Wildman–Crippen LogP) is 1.85. The van der Waals surface area contributed by atoms with Crippen molar-refractivity contribution in [2.75, 3.05) is 18.4 Å². The van der Waals surface area contributed by atoms with Crippen LogP contribution in [0.3, 0.4) is 0 Å². The molecule has 1 fully saturated rings. The van der Waals surface area contributed by atoms with E-state index in [4.69, 9.17) is 5.11 Å². The largest absolute Gasteiger partial charge is 0.478 e. The van der Waals surface area contributed by atoms with Crippen LogP contribution in [0.4, 0.5) is 11.4 Å². The van der Waals surface area contributed by atoms with Crippen LogP contribution in [-0.4, -0.2) is 35.1 Å². The zero-order valence-corrected chi connectivity index (χ0v) is 11.0. The Bertz CT molecular complexity index is 514. The van der Waals surface area contributed by atoms with Crippen LogP contribution in [0.15, 0.2) is 18.2 Å². The molecule has 1 aliphatic rings. The highest BCUT2D eigenvalue weighted by molar-refractivity contribution is 5.94. The van der Waals surface area contributed by atoms with E-state index in [1.807, 2.05) is 0 Å². The lowest BCUT2D eigenvalue weighted by Crippen LogP contribution is -2.20. The van der Waals surface area contributed by atoms with Gasteiger partial charge in [0.25, 0.3) is 5.69 Å². The summed E-state index contributed by atoms with van der Waals surface area (Å²) in [6.45, 7) is 1.43. The summed E-state index contributed by atoms with van der Waals surface area (Å²) in [4.78, 5) is 21.2. The highest BCUT2D eigenvalue weighted by Gasteiger charge is 2.19. The molecular formula is C13H17N3O4. The molecule has 1 aliphatic carbocycles. The molecule has 0 radical (unpaired) electrons. The van der Waals surface area contributed by atoms with Crippen LogP contribution in [0.25, 0.3) is 0 Å². The van der Waals surface area contributed by atoms with Crippen molar-refractivity contribution < 1.29 is 14.8 Å². The molecule has 0 atom stereocenters. The minimum absolute atomic E-state index is 0.0470. The summed E-state index contributed by atoms with van der Waals surface area (Å²) in [5.41, 5.74) is 0.220. The zero-order chi connectivity index (χ0) is 14.5. The molecule has 0 heterocycles. The van der Waals surface area contributed by atoms with Gasteiger partial charge in [0.05, 0.1) is 16.2 Å². The van der Waals surface area contributed by atoms with Crippen molar-refractivity contribution in [2.45, 2.75) is 25.3 Å². The predicted molar refractivity (Wildman–Crippen MR) is 74.2 cm³/mol. The van der Waals surface area contributed by atoms with Crippen molar-refractivity contribution in [3.63, 3.8) is 0 Å². The zero-order valence-electron chi connectivity index (χ0n) is 11.0. The van der Waals surface area contributed by atoms with E-state index in [1.165, 1.54) is 31.0 Å². The fourth-order valence-corrected chi connectivity index (χ4v) is 1.88. The number of carbonyl (C=O) groups is 1. The maximum atomic E-state index is 11.1. The van der Waals surface area contributed by atoms with Gasteiger partial charge in [0, 0.05) is 24.7 Å². The first kappa shape index (κ1) is 14.3. The van der Waals surface area contributed by atoms with Crippen LogP contribution in [0.2, 0.25) is 0 Å². The Kier molecular flexibility index (Phi) is 4.52. The van der Waals surface area contributed by atoms with E-state index in [0.717, 1.165) is 13.0 Å². The number of nitrogens with one attached hydrogen (secondary N) is 2. The van der Waals surface area contributed by atoms with Gasteiger partial charge in [-0.2, -0.15) is 0 Å². The number of benzene rings is 1. The summed E-state index contributed by atoms with van der Waals surface area (Å²) in [5, 5.41) is 26.1. The molecule has 0 saturated heterocycles. The molecule has 108 valence electrons. The summed E-state index contributed by atoms with van der Waals surface area (Å²) in [6.07, 6.45) is 3.28. The van der Waals surface area contributed by atoms with Crippen molar-refractivity contribution in [3.8, 4) is 0 Å². The second-order valence-corrected chi connectivity index (χ2v) is 4.80. The van der Waals surface area contributed by atoms with Crippen LogP contribution >= 0.6 is 0 Å². The number of nitro benzene ring substituents is 1. The van der Waals surface area contributed by atoms with Crippen molar-refractivity contribution >= 4 is 17.3 Å². The van der Waals surface area contributed by atoms with Crippen molar-refractivity contribution in [2.24, 2.45) is 0 Å². The standard InChI is InChI=1S/C13H17N3O4/c17-13(18)11-5-4-10(16(19)20)8-12(11)15-7-1-6-14-9-2-3-9/h4-5,8-9,14-15H,1-3,6-7H2,(H,17,18). The summed E-state index contributed by atoms with van der Waals surface area (Å²) in [5.74, 6) is -1.10. The third-order valence-corrected chi connectivity index (χ3v) is 3.12. The first-order valence-electron chi connectivity index (χ1n) is 6.57. The Morgan fingerprint density at radius 1 is 1.40 bits per heavy atom. The lowest BCUT2D eigenvalue weighted by molar-refractivity contribution is -0.384. The number of anilines is 1. The quantitative estimate of drug-likeness (QED) is 0.381. The maximum absolute atomic E-state index is 11.1. The molecule has 0 unspecified atom stereocenters. The molecular weight excluding hydrogens is 262 g/mol. The second kappa shape index (κ2) is 6.33. The van der Waals surface area contributed by atoms with Gasteiger partial charge in [0.2, 0.25) is 0 Å². The second-order valence-electron chi connectivity index (χ2n) is 4.80. The number of hydrogen-bond acceptors (Lipinski definition) is 5. The van der Waals surface area contributed by atoms with Crippen LogP contribution in [0.5, 0.6) is 0 Å². The molecule has 1 aromatic carbocycles. The molecule has 0 aromatic heterocycles. The van der Waals surface area contributed by atoms with Gasteiger partial charge in [-0.25, -0.2) is 4.79 Å². The van der Waals surface area contributed by atoms with Crippen molar-refractivity contribution in [3.05, 3.63) is 33.9 Å². The first-order valence-corrected chi connectivity index (χ1v) is 6.57. The fourth-order valence-electron chi connectivity index (χ4n) is 1.88. The topological polar surface area (TPSA) is 104 Å². The number of carboxylic acids is 1. The van der Waals surface area contributed by atoms with E-state index in [0.29, 0.717) is 12.6 Å². The van der Waals surface area contributed by atoms with Gasteiger partial charge in [-0.1, -0.05) is 0 Å². The van der Waals surface area contributed by atoms with Gasteiger partial charge >= 0.3 is 5.97 Å². The molecule has 1 aromatic rings. The fraction of sp³-hybridized carbons (Fsp3) is 0.462. The summed E-state index contributed by atoms with van der Waals surface area (Å²) in [6, 6.07) is 4.36. The van der Waals surface area contributed by atoms with Gasteiger partial charge in [-0.15, -0.1) is 0 Å². The molecule has 0 amide bonds. The van der Waals surface area contributed by atoms with Crippen molar-refractivity contribution in [1.82, 2.24) is 5.32 Å². The number of nitro groups is 1. The Hall–Kier alpha value is -2.15. The van der Waals surface area contributed by atoms with E-state index in [9.17, 15) is 14.9 Å². The normalized spacial score (nSPS) is 14.0. The van der Waals surface area contributed by atoms with Gasteiger partial charge in [0.15, 0.2) is 0 Å². The SMILES string of the molecule is O=C(O)c1ccc([N+](=O)[O-])cc1NCCCNC1CC1. The Morgan fingerprint density at radius 2 is 2.15 bits per heavy atom. The van der Waals surface area contributed by atoms with Crippen molar-refractivity contribution in [1.29, 1.82) is 0 Å². The minimum atomic E-state index is -1.10. The van der Waals surface area contributed by atoms with Crippen LogP contribution in [-0.2, 0) is 0 Å². The number of nitrogens with zero attached hydrogens (tertiary/aromatic N) is 1. The highest BCUT2D eigenvalue weighted by atomic mass is 16.6. The lowest BCUT2D eigenvalue weighted by atomic mass is 10.1. The Balaban J connectivity index is 1.93. The average Bonchev–Trinajstić information content (AvgIpc) is 3.22. The number of aromatic carboxylic acids is 1. The smallest absolute Gasteiger partial charge is 0.337 e. The molecule has 3 N–H and O–H groups in total. The molecule has 0 aliphatic heterocycles. The number of rotatable bonds is 8. The monoisotopic (exact) mass is 279 g/mol. The lowest BCUT2D eigenvalue weighted by Gasteiger charge is -2.09. The third-order valence-electron chi connectivity index (χ3n) is 3.12. The first-order chi connectivity index (χ1) is 9.58. The van der Waals surface area contributed by atoms with E-state index >= 15 is 0 Å². The minimum Gasteiger partial charge on any atom is -0.478 e. The summed E-state index contributed by atoms with van der Waals surface area (Å²) < 4.78 is 0. The number of non-ortho nitro benzene ring substituents is 1. The van der Waals surface area contributed by atoms with Crippen LogP contribution in [0.1, 0.15) is 29.6 Å².